The first kappa shape index (κ1) is 58.3. The van der Waals surface area contributed by atoms with Crippen molar-refractivity contribution in [3.8, 4) is 33.4 Å². The summed E-state index contributed by atoms with van der Waals surface area (Å²) in [6.07, 6.45) is 11.0. The SMILES string of the molecule is C=C(C)c1c2nc(c(-c3ccc(Cl)cc3)c3ccc([nH]3)c(-c3ccc(Cl)cc3)c3nc(c(-c4ccc(Cl)cc4)c4ccc1[nH]4)C=C3)C=C2.CS(=O)(=O)[O-].CS(=O)(=O)[O-].CSOO[O-].[3H]P(P(P)P)[P+](=S)Cl. The van der Waals surface area contributed by atoms with Crippen LogP contribution in [0.2, 0.25) is 15.1 Å². The quantitative estimate of drug-likeness (QED) is 0.0477. The molecule has 0 spiro atoms. The van der Waals surface area contributed by atoms with E-state index in [-0.39, 0.29) is 6.99 Å². The Kier molecular flexibility index (Phi) is 23.5. The number of allylic oxidation sites excluding steroid dienone is 1. The van der Waals surface area contributed by atoms with Gasteiger partial charge in [0.2, 0.25) is 0 Å². The molecule has 13 nitrogen and oxygen atoms in total. The number of H-pyrrole nitrogens is 2. The monoisotopic (exact) mass is 1190 g/mol. The largest absolute Gasteiger partial charge is 0.748 e. The molecule has 6 aromatic rings. The zero-order chi connectivity index (χ0) is 52.8. The zero-order valence-electron chi connectivity index (χ0n) is 38.0. The molecule has 3 aromatic carbocycles. The van der Waals surface area contributed by atoms with Gasteiger partial charge in [0.25, 0.3) is 0 Å². The number of hydrogen-bond donors (Lipinski definition) is 2. The zero-order valence-corrected chi connectivity index (χ0v) is 48.2. The number of benzene rings is 3. The molecule has 2 aliphatic rings. The van der Waals surface area contributed by atoms with E-state index in [0.29, 0.717) is 27.6 Å². The maximum atomic E-state index is 9.08. The first-order chi connectivity index (χ1) is 33.3. The van der Waals surface area contributed by atoms with Crippen molar-refractivity contribution in [1.29, 1.82) is 1.28 Å². The molecule has 0 saturated heterocycles. The first-order valence-corrected chi connectivity index (χ1v) is 35.5. The number of aromatic nitrogens is 4. The molecule has 5 heterocycles. The Morgan fingerprint density at radius 2 is 1.00 bits per heavy atom. The predicted molar refractivity (Wildman–Crippen MR) is 307 cm³/mol. The molecule has 2 N–H and O–H groups in total. The number of hydrogen-bond acceptors (Lipinski definition) is 13. The Balaban J connectivity index is 0.000000397. The van der Waals surface area contributed by atoms with Crippen LogP contribution < -0.4 is 5.26 Å². The van der Waals surface area contributed by atoms with Crippen LogP contribution in [-0.2, 0) is 41.4 Å². The fraction of sp³-hybridized carbons (Fsp3) is 0.0909. The molecule has 0 amide bonds. The predicted octanol–water partition coefficient (Wildman–Crippen LogP) is 14.1. The van der Waals surface area contributed by atoms with Crippen molar-refractivity contribution in [3.05, 3.63) is 147 Å². The molecular formula is C44H41Cl4N4O9P5S4-2. The van der Waals surface area contributed by atoms with Crippen LogP contribution in [0.3, 0.4) is 0 Å². The molecule has 26 heteroatoms. The first-order valence-electron chi connectivity index (χ1n) is 19.9. The molecule has 370 valence electrons. The summed E-state index contributed by atoms with van der Waals surface area (Å²) in [6, 6.07) is 31.9. The van der Waals surface area contributed by atoms with Gasteiger partial charge < -0.3 is 24.3 Å². The number of halogens is 4. The summed E-state index contributed by atoms with van der Waals surface area (Å²) in [5.74, 6) is 0. The minimum Gasteiger partial charge on any atom is -0.748 e. The third-order valence-electron chi connectivity index (χ3n) is 8.85. The van der Waals surface area contributed by atoms with Gasteiger partial charge >= 0.3 is 5.74 Å². The average Bonchev–Trinajstić information content (AvgIpc) is 4.13. The summed E-state index contributed by atoms with van der Waals surface area (Å²) in [6.45, 7) is 6.01. The van der Waals surface area contributed by atoms with Crippen LogP contribution in [-0.4, -0.2) is 65.9 Å². The highest BCUT2D eigenvalue weighted by Crippen LogP contribution is 2.79. The summed E-state index contributed by atoms with van der Waals surface area (Å²) in [4.78, 5) is 17.9. The Hall–Kier alpha value is -2.55. The summed E-state index contributed by atoms with van der Waals surface area (Å²) in [7, 11) is -3.49. The van der Waals surface area contributed by atoms with Gasteiger partial charge in [0.05, 0.1) is 43.0 Å². The molecule has 2 aliphatic heterocycles. The highest BCUT2D eigenvalue weighted by molar-refractivity contribution is 8.85. The molecule has 8 bridgehead atoms. The van der Waals surface area contributed by atoms with Crippen LogP contribution in [0.15, 0.2) is 104 Å². The lowest BCUT2D eigenvalue weighted by molar-refractivity contribution is -0.777. The van der Waals surface area contributed by atoms with Gasteiger partial charge in [0.15, 0.2) is 31.0 Å². The van der Waals surface area contributed by atoms with Crippen LogP contribution in [0.5, 0.6) is 0 Å². The number of aromatic amines is 2. The Bertz CT molecular complexity index is 3250. The van der Waals surface area contributed by atoms with Gasteiger partial charge in [-0.15, -0.1) is 0 Å². The third-order valence-corrected chi connectivity index (χ3v) is 23.7. The van der Waals surface area contributed by atoms with Gasteiger partial charge in [0, 0.05) is 97.2 Å². The maximum Gasteiger partial charge on any atom is 0.307 e. The minimum absolute atomic E-state index is 0.344. The molecule has 0 aliphatic carbocycles. The molecule has 4 unspecified atom stereocenters. The Labute approximate surface area is 444 Å². The highest BCUT2D eigenvalue weighted by atomic mass is 35.7. The van der Waals surface area contributed by atoms with Crippen LogP contribution in [0.4, 0.5) is 0 Å². The van der Waals surface area contributed by atoms with E-state index in [1.54, 1.807) is 6.26 Å². The van der Waals surface area contributed by atoms with Crippen molar-refractivity contribution in [2.45, 2.75) is 6.92 Å². The number of nitrogens with zero attached hydrogens (tertiary/aromatic N) is 2. The number of nitrogens with one attached hydrogen (secondary N) is 2. The van der Waals surface area contributed by atoms with Gasteiger partial charge in [-0.1, -0.05) is 95.6 Å². The van der Waals surface area contributed by atoms with Gasteiger partial charge in [-0.05, 0) is 114 Å². The molecular weight excluding hydrogens is 1150 g/mol. The highest BCUT2D eigenvalue weighted by Gasteiger charge is 2.19. The van der Waals surface area contributed by atoms with Crippen molar-refractivity contribution >= 4 is 181 Å². The molecule has 8 rings (SSSR count). The Morgan fingerprint density at radius 3 is 1.26 bits per heavy atom. The second-order valence-corrected chi connectivity index (χ2v) is 36.9. The van der Waals surface area contributed by atoms with E-state index in [0.717, 1.165) is 101 Å². The molecule has 4 atom stereocenters. The molecule has 0 saturated carbocycles. The van der Waals surface area contributed by atoms with E-state index in [2.05, 4.69) is 92.3 Å². The molecule has 70 heavy (non-hydrogen) atoms. The number of fused-ring (bicyclic) bond motifs is 8. The lowest BCUT2D eigenvalue weighted by Crippen LogP contribution is -2.00. The standard InChI is InChI=1S/C41H27Cl3N4.3CH4O3S.ClH5P5S/c1-23(2)38-30-15-17-32(45-30)39(24-3-9-27(42)10-4-24)34-19-21-36(47-34)41(26-7-13-29(44)14-8-26)37-22-20-35(48-37)40(33-18-16-31(38)46-33)25-5-11-28(43)12-6-25;2*1-5(2,3)4;1-5-4-3-2;1-5(7)4-6(2)3/h3-22,45,48H,1H2,2H3;2*1H3,(H,2,3,4);2H,1H3;4H,2-3H2/q;;;;+1/p-3/i;;;;4T. The van der Waals surface area contributed by atoms with Gasteiger partial charge in [-0.2, -0.15) is 4.33 Å². The van der Waals surface area contributed by atoms with E-state index in [1.807, 2.05) is 79.7 Å². The van der Waals surface area contributed by atoms with Crippen LogP contribution >= 0.6 is 96.6 Å². The van der Waals surface area contributed by atoms with Crippen molar-refractivity contribution < 1.29 is 40.6 Å². The summed E-state index contributed by atoms with van der Waals surface area (Å²) >= 11 is 30.1. The minimum atomic E-state index is -3.92. The maximum absolute atomic E-state index is 9.08. The molecule has 0 radical (unpaired) electrons. The topological polar surface area (TPSA) is 213 Å². The van der Waals surface area contributed by atoms with E-state index in [1.165, 1.54) is 0 Å². The summed E-state index contributed by atoms with van der Waals surface area (Å²) in [5, 5.41) is 13.7. The second kappa shape index (κ2) is 28.2. The Morgan fingerprint density at radius 1 is 0.700 bits per heavy atom. The lowest BCUT2D eigenvalue weighted by atomic mass is 10.0. The fourth-order valence-electron chi connectivity index (χ4n) is 6.52. The molecule has 0 fully saturated rings. The van der Waals surface area contributed by atoms with E-state index >= 15 is 0 Å². The summed E-state index contributed by atoms with van der Waals surface area (Å²) in [5.41, 5.74) is 13.7. The van der Waals surface area contributed by atoms with Crippen molar-refractivity contribution in [3.63, 3.8) is 0 Å². The van der Waals surface area contributed by atoms with Gasteiger partial charge in [-0.25, -0.2) is 26.8 Å². The lowest BCUT2D eigenvalue weighted by Gasteiger charge is -2.07. The third kappa shape index (κ3) is 19.7. The number of rotatable bonds is 8. The fourth-order valence-corrected chi connectivity index (χ4v) is 26.6. The van der Waals surface area contributed by atoms with Crippen molar-refractivity contribution in [2.75, 3.05) is 18.8 Å². The van der Waals surface area contributed by atoms with Gasteiger partial charge in [-0.3, -0.25) is 5.04 Å². The van der Waals surface area contributed by atoms with E-state index in [4.69, 9.17) is 100 Å². The van der Waals surface area contributed by atoms with Crippen molar-refractivity contribution in [1.82, 2.24) is 19.9 Å². The smallest absolute Gasteiger partial charge is 0.307 e. The summed E-state index contributed by atoms with van der Waals surface area (Å²) < 4.78 is 65.5. The van der Waals surface area contributed by atoms with Crippen LogP contribution in [0, 0.1) is 0 Å². The average molecular weight is 1200 g/mol. The van der Waals surface area contributed by atoms with Crippen LogP contribution in [0.1, 0.15) is 35.3 Å². The second-order valence-electron chi connectivity index (χ2n) is 14.2. The van der Waals surface area contributed by atoms with Crippen molar-refractivity contribution in [2.24, 2.45) is 0 Å². The van der Waals surface area contributed by atoms with E-state index < -0.39 is 33.9 Å². The normalized spacial score (nSPS) is 12.4. The molecule has 3 aromatic heterocycles. The van der Waals surface area contributed by atoms with Gasteiger partial charge in [0.1, 0.15) is 1.28 Å². The van der Waals surface area contributed by atoms with Crippen LogP contribution in [0.25, 0.3) is 85.3 Å². The van der Waals surface area contributed by atoms with E-state index in [9.17, 15) is 0 Å².